The van der Waals surface area contributed by atoms with E-state index in [-0.39, 0.29) is 0 Å². The fraction of sp³-hybridized carbons (Fsp3) is 0.333. The van der Waals surface area contributed by atoms with Gasteiger partial charge in [-0.3, -0.25) is 4.79 Å². The molecule has 3 rings (SSSR count). The van der Waals surface area contributed by atoms with E-state index >= 15 is 0 Å². The van der Waals surface area contributed by atoms with Crippen molar-refractivity contribution in [1.82, 2.24) is 9.97 Å². The van der Waals surface area contributed by atoms with Crippen LogP contribution in [0.3, 0.4) is 0 Å². The van der Waals surface area contributed by atoms with Crippen molar-refractivity contribution in [1.29, 1.82) is 0 Å². The van der Waals surface area contributed by atoms with Crippen LogP contribution in [-0.2, 0) is 0 Å². The number of carbonyl (C=O) groups excluding carboxylic acids is 1. The summed E-state index contributed by atoms with van der Waals surface area (Å²) in [7, 11) is 2.05. The van der Waals surface area contributed by atoms with Crippen LogP contribution >= 0.6 is 0 Å². The topological polar surface area (TPSA) is 49.0 Å². The quantitative estimate of drug-likeness (QED) is 0.796. The molecule has 82 valence electrons. The molecular weight excluding hydrogens is 202 g/mol. The number of aromatic nitrogens is 2. The first-order chi connectivity index (χ1) is 7.81. The Labute approximate surface area is 93.3 Å². The van der Waals surface area contributed by atoms with Crippen LogP contribution in [0.25, 0.3) is 11.0 Å². The van der Waals surface area contributed by atoms with Gasteiger partial charge in [-0.2, -0.15) is 0 Å². The lowest BCUT2D eigenvalue weighted by molar-refractivity contribution is 0.112. The summed E-state index contributed by atoms with van der Waals surface area (Å²) in [4.78, 5) is 20.6. The summed E-state index contributed by atoms with van der Waals surface area (Å²) in [6.07, 6.45) is 6.80. The Balaban J connectivity index is 2.23. The molecule has 0 radical (unpaired) electrons. The minimum absolute atomic E-state index is 0.583. The van der Waals surface area contributed by atoms with Crippen molar-refractivity contribution in [3.63, 3.8) is 0 Å². The minimum Gasteiger partial charge on any atom is -0.370 e. The standard InChI is InChI=1S/C12H13N3O/c1-15(9-2-3-9)11-8(7-16)6-14-12-10(11)4-5-13-12/h4-7,9H,2-3H2,1H3,(H,13,14). The van der Waals surface area contributed by atoms with Gasteiger partial charge in [0.2, 0.25) is 0 Å². The molecule has 0 amide bonds. The van der Waals surface area contributed by atoms with Crippen LogP contribution in [0.2, 0.25) is 0 Å². The number of anilines is 1. The highest BCUT2D eigenvalue weighted by atomic mass is 16.1. The predicted molar refractivity (Wildman–Crippen MR) is 62.9 cm³/mol. The number of aromatic amines is 1. The number of carbonyl (C=O) groups is 1. The monoisotopic (exact) mass is 215 g/mol. The van der Waals surface area contributed by atoms with Crippen LogP contribution < -0.4 is 4.90 Å². The fourth-order valence-corrected chi connectivity index (χ4v) is 2.13. The molecule has 2 heterocycles. The van der Waals surface area contributed by atoms with E-state index in [0.717, 1.165) is 23.0 Å². The van der Waals surface area contributed by atoms with E-state index in [2.05, 4.69) is 14.9 Å². The number of hydrogen-bond donors (Lipinski definition) is 1. The van der Waals surface area contributed by atoms with Crippen molar-refractivity contribution < 1.29 is 4.79 Å². The lowest BCUT2D eigenvalue weighted by Crippen LogP contribution is -2.21. The Kier molecular flexibility index (Phi) is 1.96. The summed E-state index contributed by atoms with van der Waals surface area (Å²) in [6.45, 7) is 0. The van der Waals surface area contributed by atoms with E-state index in [1.807, 2.05) is 19.3 Å². The van der Waals surface area contributed by atoms with Gasteiger partial charge in [0.05, 0.1) is 11.3 Å². The molecule has 4 heteroatoms. The summed E-state index contributed by atoms with van der Waals surface area (Å²) in [5.74, 6) is 0. The molecule has 1 saturated carbocycles. The maximum absolute atomic E-state index is 11.1. The second kappa shape index (κ2) is 3.33. The predicted octanol–water partition coefficient (Wildman–Crippen LogP) is 1.97. The highest BCUT2D eigenvalue weighted by molar-refractivity contribution is 5.99. The number of nitrogens with one attached hydrogen (secondary N) is 1. The highest BCUT2D eigenvalue weighted by Gasteiger charge is 2.29. The highest BCUT2D eigenvalue weighted by Crippen LogP contribution is 2.35. The van der Waals surface area contributed by atoms with Gasteiger partial charge in [0.25, 0.3) is 0 Å². The van der Waals surface area contributed by atoms with Crippen LogP contribution in [0, 0.1) is 0 Å². The number of hydrogen-bond acceptors (Lipinski definition) is 3. The van der Waals surface area contributed by atoms with Gasteiger partial charge in [-0.15, -0.1) is 0 Å². The van der Waals surface area contributed by atoms with Crippen LogP contribution in [0.15, 0.2) is 18.5 Å². The Morgan fingerprint density at radius 3 is 3.06 bits per heavy atom. The van der Waals surface area contributed by atoms with E-state index in [0.29, 0.717) is 11.6 Å². The minimum atomic E-state index is 0.583. The van der Waals surface area contributed by atoms with Crippen molar-refractivity contribution >= 4 is 23.0 Å². The average molecular weight is 215 g/mol. The third-order valence-electron chi connectivity index (χ3n) is 3.16. The molecule has 0 aromatic carbocycles. The molecule has 16 heavy (non-hydrogen) atoms. The van der Waals surface area contributed by atoms with E-state index in [9.17, 15) is 4.79 Å². The van der Waals surface area contributed by atoms with Crippen molar-refractivity contribution in [2.24, 2.45) is 0 Å². The third kappa shape index (κ3) is 1.30. The van der Waals surface area contributed by atoms with E-state index in [4.69, 9.17) is 0 Å². The van der Waals surface area contributed by atoms with E-state index in [1.54, 1.807) is 6.20 Å². The van der Waals surface area contributed by atoms with Crippen molar-refractivity contribution in [2.75, 3.05) is 11.9 Å². The zero-order valence-corrected chi connectivity index (χ0v) is 9.10. The van der Waals surface area contributed by atoms with Crippen LogP contribution in [0.5, 0.6) is 0 Å². The summed E-state index contributed by atoms with van der Waals surface area (Å²) < 4.78 is 0. The van der Waals surface area contributed by atoms with Crippen LogP contribution in [0.1, 0.15) is 23.2 Å². The Morgan fingerprint density at radius 2 is 2.38 bits per heavy atom. The molecule has 0 saturated heterocycles. The van der Waals surface area contributed by atoms with Crippen molar-refractivity contribution in [2.45, 2.75) is 18.9 Å². The Hall–Kier alpha value is -1.84. The van der Waals surface area contributed by atoms with E-state index < -0.39 is 0 Å². The van der Waals surface area contributed by atoms with Gasteiger partial charge in [-0.1, -0.05) is 0 Å². The van der Waals surface area contributed by atoms with Gasteiger partial charge < -0.3 is 9.88 Å². The number of rotatable bonds is 3. The first kappa shape index (κ1) is 9.39. The average Bonchev–Trinajstić information content (AvgIpc) is 3.05. The summed E-state index contributed by atoms with van der Waals surface area (Å²) in [6, 6.07) is 2.56. The van der Waals surface area contributed by atoms with Gasteiger partial charge in [0.15, 0.2) is 6.29 Å². The largest absolute Gasteiger partial charge is 0.370 e. The van der Waals surface area contributed by atoms with E-state index in [1.165, 1.54) is 12.8 Å². The molecule has 2 aromatic heterocycles. The lowest BCUT2D eigenvalue weighted by atomic mass is 10.1. The van der Waals surface area contributed by atoms with Crippen molar-refractivity contribution in [3.8, 4) is 0 Å². The van der Waals surface area contributed by atoms with Gasteiger partial charge in [0, 0.05) is 30.9 Å². The fourth-order valence-electron chi connectivity index (χ4n) is 2.13. The molecule has 0 unspecified atom stereocenters. The normalized spacial score (nSPS) is 15.3. The van der Waals surface area contributed by atoms with Gasteiger partial charge >= 0.3 is 0 Å². The zero-order valence-electron chi connectivity index (χ0n) is 9.10. The number of aldehydes is 1. The SMILES string of the molecule is CN(c1c(C=O)cnc2[nH]ccc12)C1CC1. The molecule has 1 N–H and O–H groups in total. The molecule has 1 fully saturated rings. The number of fused-ring (bicyclic) bond motifs is 1. The maximum atomic E-state index is 11.1. The van der Waals surface area contributed by atoms with Gasteiger partial charge in [0.1, 0.15) is 5.65 Å². The molecule has 4 nitrogen and oxygen atoms in total. The molecule has 0 atom stereocenters. The molecular formula is C12H13N3O. The second-order valence-electron chi connectivity index (χ2n) is 4.26. The van der Waals surface area contributed by atoms with Gasteiger partial charge in [-0.05, 0) is 18.9 Å². The molecule has 0 spiro atoms. The number of pyridine rings is 1. The van der Waals surface area contributed by atoms with Gasteiger partial charge in [-0.25, -0.2) is 4.98 Å². The Morgan fingerprint density at radius 1 is 1.56 bits per heavy atom. The first-order valence-electron chi connectivity index (χ1n) is 5.45. The number of nitrogens with zero attached hydrogens (tertiary/aromatic N) is 2. The number of H-pyrrole nitrogens is 1. The summed E-state index contributed by atoms with van der Waals surface area (Å²) in [5.41, 5.74) is 2.51. The Bertz CT molecular complexity index is 542. The maximum Gasteiger partial charge on any atom is 0.153 e. The molecule has 2 aromatic rings. The molecule has 0 aliphatic heterocycles. The molecule has 1 aliphatic rings. The molecule has 0 bridgehead atoms. The van der Waals surface area contributed by atoms with Crippen LogP contribution in [0.4, 0.5) is 5.69 Å². The van der Waals surface area contributed by atoms with Crippen LogP contribution in [-0.4, -0.2) is 29.3 Å². The second-order valence-corrected chi connectivity index (χ2v) is 4.26. The lowest BCUT2D eigenvalue weighted by Gasteiger charge is -2.21. The van der Waals surface area contributed by atoms with Crippen molar-refractivity contribution in [3.05, 3.63) is 24.0 Å². The summed E-state index contributed by atoms with van der Waals surface area (Å²) >= 11 is 0. The molecule has 1 aliphatic carbocycles. The smallest absolute Gasteiger partial charge is 0.153 e. The zero-order chi connectivity index (χ0) is 11.1. The summed E-state index contributed by atoms with van der Waals surface area (Å²) in [5, 5.41) is 1.03. The third-order valence-corrected chi connectivity index (χ3v) is 3.16. The first-order valence-corrected chi connectivity index (χ1v) is 5.45.